The summed E-state index contributed by atoms with van der Waals surface area (Å²) >= 11 is 0. The second kappa shape index (κ2) is 5.04. The molecule has 2 amide bonds. The molecular weight excluding hydrogens is 260 g/mol. The largest absolute Gasteiger partial charge is 0.338 e. The summed E-state index contributed by atoms with van der Waals surface area (Å²) in [5.74, 6) is 6.24. The molecule has 1 aliphatic heterocycles. The maximum atomic E-state index is 11.4. The Balaban J connectivity index is 2.40. The van der Waals surface area contributed by atoms with E-state index in [2.05, 4.69) is 20.7 Å². The molecular formula is C12H18N6O2. The molecule has 1 aromatic heterocycles. The lowest BCUT2D eigenvalue weighted by atomic mass is 9.96. The van der Waals surface area contributed by atoms with Crippen LogP contribution in [0.5, 0.6) is 0 Å². The summed E-state index contributed by atoms with van der Waals surface area (Å²) in [5, 5.41) is 2.25. The van der Waals surface area contributed by atoms with Crippen molar-refractivity contribution in [1.29, 1.82) is 0 Å². The Labute approximate surface area is 116 Å². The van der Waals surface area contributed by atoms with Crippen LogP contribution in [0.3, 0.4) is 0 Å². The number of nitrogens with one attached hydrogen (secondary N) is 2. The fourth-order valence-corrected chi connectivity index (χ4v) is 1.80. The van der Waals surface area contributed by atoms with Gasteiger partial charge in [-0.05, 0) is 0 Å². The molecule has 0 radical (unpaired) electrons. The first-order valence-electron chi connectivity index (χ1n) is 6.23. The van der Waals surface area contributed by atoms with E-state index in [1.165, 1.54) is 0 Å². The molecule has 4 N–H and O–H groups in total. The summed E-state index contributed by atoms with van der Waals surface area (Å²) in [6.07, 6.45) is 0. The molecule has 8 nitrogen and oxygen atoms in total. The van der Waals surface area contributed by atoms with Gasteiger partial charge in [-0.2, -0.15) is 0 Å². The first-order valence-corrected chi connectivity index (χ1v) is 6.23. The van der Waals surface area contributed by atoms with E-state index in [0.717, 1.165) is 0 Å². The summed E-state index contributed by atoms with van der Waals surface area (Å²) < 4.78 is 0. The average Bonchev–Trinajstić information content (AvgIpc) is 2.36. The summed E-state index contributed by atoms with van der Waals surface area (Å²) in [6.45, 7) is 6.08. The van der Waals surface area contributed by atoms with Crippen molar-refractivity contribution in [3.8, 4) is 0 Å². The van der Waals surface area contributed by atoms with E-state index in [-0.39, 0.29) is 30.3 Å². The SMILES string of the molecule is CC(C)(C)c1nc(NN)cc(N2CC(=O)NC(=O)C2)n1. The number of nitrogens with zero attached hydrogens (tertiary/aromatic N) is 3. The van der Waals surface area contributed by atoms with Crippen molar-refractivity contribution in [3.05, 3.63) is 11.9 Å². The first-order chi connectivity index (χ1) is 9.29. The number of hydrogen-bond donors (Lipinski definition) is 3. The Kier molecular flexibility index (Phi) is 3.58. The van der Waals surface area contributed by atoms with E-state index in [1.54, 1.807) is 11.0 Å². The molecule has 0 atom stereocenters. The number of imide groups is 1. The monoisotopic (exact) mass is 278 g/mol. The maximum absolute atomic E-state index is 11.4. The molecule has 1 saturated heterocycles. The van der Waals surface area contributed by atoms with E-state index >= 15 is 0 Å². The van der Waals surface area contributed by atoms with Crippen LogP contribution in [0.15, 0.2) is 6.07 Å². The van der Waals surface area contributed by atoms with Gasteiger partial charge in [0.2, 0.25) is 11.8 Å². The Hall–Kier alpha value is -2.22. The number of nitrogen functional groups attached to an aromatic ring is 1. The number of carbonyl (C=O) groups is 2. The van der Waals surface area contributed by atoms with Gasteiger partial charge in [0.25, 0.3) is 0 Å². The van der Waals surface area contributed by atoms with Gasteiger partial charge in [0.1, 0.15) is 17.5 Å². The average molecular weight is 278 g/mol. The first kappa shape index (κ1) is 14.2. The second-order valence-corrected chi connectivity index (χ2v) is 5.66. The quantitative estimate of drug-likeness (QED) is 0.380. The van der Waals surface area contributed by atoms with Gasteiger partial charge >= 0.3 is 0 Å². The Bertz CT molecular complexity index is 535. The molecule has 108 valence electrons. The summed E-state index contributed by atoms with van der Waals surface area (Å²) in [6, 6.07) is 1.61. The normalized spacial score (nSPS) is 16.1. The van der Waals surface area contributed by atoms with Gasteiger partial charge in [-0.15, -0.1) is 0 Å². The minimum atomic E-state index is -0.348. The van der Waals surface area contributed by atoms with Gasteiger partial charge in [-0.3, -0.25) is 14.9 Å². The van der Waals surface area contributed by atoms with Gasteiger partial charge in [-0.1, -0.05) is 20.8 Å². The van der Waals surface area contributed by atoms with Crippen LogP contribution < -0.4 is 21.5 Å². The van der Waals surface area contributed by atoms with Gasteiger partial charge in [-0.25, -0.2) is 15.8 Å². The van der Waals surface area contributed by atoms with E-state index in [4.69, 9.17) is 5.84 Å². The fraction of sp³-hybridized carbons (Fsp3) is 0.500. The predicted molar refractivity (Wildman–Crippen MR) is 73.9 cm³/mol. The van der Waals surface area contributed by atoms with Crippen molar-refractivity contribution in [2.24, 2.45) is 5.84 Å². The smallest absolute Gasteiger partial charge is 0.246 e. The molecule has 0 aliphatic carbocycles. The van der Waals surface area contributed by atoms with Crippen LogP contribution in [0.4, 0.5) is 11.6 Å². The number of piperazine rings is 1. The zero-order valence-electron chi connectivity index (χ0n) is 11.7. The summed E-state index contributed by atoms with van der Waals surface area (Å²) in [4.78, 5) is 33.2. The number of hydrazine groups is 1. The highest BCUT2D eigenvalue weighted by Gasteiger charge is 2.26. The Morgan fingerprint density at radius 3 is 2.35 bits per heavy atom. The number of hydrogen-bond acceptors (Lipinski definition) is 7. The molecule has 0 aromatic carbocycles. The van der Waals surface area contributed by atoms with Gasteiger partial charge in [0.15, 0.2) is 0 Å². The number of anilines is 2. The lowest BCUT2D eigenvalue weighted by Gasteiger charge is -2.28. The van der Waals surface area contributed by atoms with Crippen molar-refractivity contribution in [1.82, 2.24) is 15.3 Å². The van der Waals surface area contributed by atoms with Crippen LogP contribution in [0.2, 0.25) is 0 Å². The molecule has 2 heterocycles. The molecule has 2 rings (SSSR count). The molecule has 8 heteroatoms. The van der Waals surface area contributed by atoms with Gasteiger partial charge in [0, 0.05) is 11.5 Å². The van der Waals surface area contributed by atoms with E-state index < -0.39 is 0 Å². The lowest BCUT2D eigenvalue weighted by molar-refractivity contribution is -0.130. The highest BCUT2D eigenvalue weighted by molar-refractivity contribution is 6.02. The zero-order valence-corrected chi connectivity index (χ0v) is 11.7. The number of rotatable bonds is 2. The summed E-state index contributed by atoms with van der Waals surface area (Å²) in [7, 11) is 0. The van der Waals surface area contributed by atoms with Gasteiger partial charge in [0.05, 0.1) is 13.1 Å². The highest BCUT2D eigenvalue weighted by atomic mass is 16.2. The number of nitrogens with two attached hydrogens (primary N) is 1. The minimum Gasteiger partial charge on any atom is -0.338 e. The minimum absolute atomic E-state index is 0.0797. The molecule has 0 saturated carbocycles. The molecule has 1 aromatic rings. The number of carbonyl (C=O) groups excluding carboxylic acids is 2. The van der Waals surface area contributed by atoms with Crippen LogP contribution in [0, 0.1) is 0 Å². The standard InChI is InChI=1S/C12H18N6O2/c1-12(2,3)11-14-7(17-13)4-8(15-11)18-5-9(19)16-10(20)6-18/h4H,5-6,13H2,1-3H3,(H,14,15,17)(H,16,19,20). The van der Waals surface area contributed by atoms with Crippen molar-refractivity contribution >= 4 is 23.5 Å². The van der Waals surface area contributed by atoms with E-state index in [0.29, 0.717) is 17.5 Å². The summed E-state index contributed by atoms with van der Waals surface area (Å²) in [5.41, 5.74) is 2.20. The van der Waals surface area contributed by atoms with Crippen molar-refractivity contribution < 1.29 is 9.59 Å². The molecule has 0 bridgehead atoms. The fourth-order valence-electron chi connectivity index (χ4n) is 1.80. The van der Waals surface area contributed by atoms with Crippen molar-refractivity contribution in [3.63, 3.8) is 0 Å². The van der Waals surface area contributed by atoms with Crippen molar-refractivity contribution in [2.45, 2.75) is 26.2 Å². The van der Waals surface area contributed by atoms with E-state index in [1.807, 2.05) is 20.8 Å². The van der Waals surface area contributed by atoms with Crippen LogP contribution >= 0.6 is 0 Å². The van der Waals surface area contributed by atoms with Crippen LogP contribution in [-0.4, -0.2) is 34.9 Å². The number of amides is 2. The third kappa shape index (κ3) is 3.02. The third-order valence-corrected chi connectivity index (χ3v) is 2.80. The molecule has 1 fully saturated rings. The second-order valence-electron chi connectivity index (χ2n) is 5.66. The Morgan fingerprint density at radius 2 is 1.85 bits per heavy atom. The molecule has 0 unspecified atom stereocenters. The van der Waals surface area contributed by atoms with Crippen molar-refractivity contribution in [2.75, 3.05) is 23.4 Å². The van der Waals surface area contributed by atoms with Crippen LogP contribution in [-0.2, 0) is 15.0 Å². The van der Waals surface area contributed by atoms with E-state index in [9.17, 15) is 9.59 Å². The number of aromatic nitrogens is 2. The predicted octanol–water partition coefficient (Wildman–Crippen LogP) is -0.477. The zero-order chi connectivity index (χ0) is 14.9. The molecule has 0 spiro atoms. The highest BCUT2D eigenvalue weighted by Crippen LogP contribution is 2.24. The third-order valence-electron chi connectivity index (χ3n) is 2.80. The molecule has 20 heavy (non-hydrogen) atoms. The Morgan fingerprint density at radius 1 is 1.25 bits per heavy atom. The van der Waals surface area contributed by atoms with Crippen LogP contribution in [0.25, 0.3) is 0 Å². The molecule has 1 aliphatic rings. The van der Waals surface area contributed by atoms with Gasteiger partial charge < -0.3 is 10.3 Å². The topological polar surface area (TPSA) is 113 Å². The lowest BCUT2D eigenvalue weighted by Crippen LogP contribution is -2.51. The maximum Gasteiger partial charge on any atom is 0.246 e. The van der Waals surface area contributed by atoms with Crippen LogP contribution in [0.1, 0.15) is 26.6 Å².